The van der Waals surface area contributed by atoms with Crippen molar-refractivity contribution in [3.05, 3.63) is 28.2 Å². The second kappa shape index (κ2) is 6.74. The van der Waals surface area contributed by atoms with Crippen molar-refractivity contribution in [3.8, 4) is 0 Å². The Hall–Kier alpha value is -1.38. The Labute approximate surface area is 155 Å². The standard InChI is InChI=1S/C16H19Cl2N5O2/c17-10-6-5-8(7-11(10)18)19-16(25)13-14-20-15(24)9-3-1-2-4-12(9)23(14)22-21-13/h5-7,9,12-14,21-22H,1-4H2,(H,19,25)(H,20,24). The van der Waals surface area contributed by atoms with Crippen molar-refractivity contribution in [3.63, 3.8) is 0 Å². The molecule has 3 fully saturated rings. The lowest BCUT2D eigenvalue weighted by atomic mass is 9.81. The minimum Gasteiger partial charge on any atom is -0.337 e. The zero-order valence-corrected chi connectivity index (χ0v) is 14.9. The van der Waals surface area contributed by atoms with Gasteiger partial charge in [-0.3, -0.25) is 9.59 Å². The summed E-state index contributed by atoms with van der Waals surface area (Å²) in [4.78, 5) is 25.1. The molecule has 1 aromatic rings. The minimum atomic E-state index is -0.610. The molecule has 7 nitrogen and oxygen atoms in total. The van der Waals surface area contributed by atoms with Gasteiger partial charge in [-0.05, 0) is 31.0 Å². The van der Waals surface area contributed by atoms with Crippen LogP contribution in [0.15, 0.2) is 18.2 Å². The molecule has 1 aliphatic carbocycles. The number of hydrogen-bond acceptors (Lipinski definition) is 5. The molecule has 0 aromatic heterocycles. The van der Waals surface area contributed by atoms with Crippen molar-refractivity contribution in [1.82, 2.24) is 21.3 Å². The first-order chi connectivity index (χ1) is 12.0. The number of benzene rings is 1. The molecule has 4 N–H and O–H groups in total. The fourth-order valence-corrected chi connectivity index (χ4v) is 4.20. The van der Waals surface area contributed by atoms with Crippen molar-refractivity contribution in [2.45, 2.75) is 43.9 Å². The number of amides is 2. The Morgan fingerprint density at radius 3 is 2.80 bits per heavy atom. The van der Waals surface area contributed by atoms with Crippen molar-refractivity contribution in [2.75, 3.05) is 5.32 Å². The van der Waals surface area contributed by atoms with Crippen LogP contribution in [-0.4, -0.2) is 35.1 Å². The summed E-state index contributed by atoms with van der Waals surface area (Å²) in [7, 11) is 0. The molecule has 2 heterocycles. The summed E-state index contributed by atoms with van der Waals surface area (Å²) in [5.41, 5.74) is 6.62. The lowest BCUT2D eigenvalue weighted by Crippen LogP contribution is -2.66. The van der Waals surface area contributed by atoms with Gasteiger partial charge in [-0.1, -0.05) is 36.0 Å². The van der Waals surface area contributed by atoms with Crippen LogP contribution in [0.25, 0.3) is 0 Å². The van der Waals surface area contributed by atoms with E-state index >= 15 is 0 Å². The maximum Gasteiger partial charge on any atom is 0.246 e. The maximum absolute atomic E-state index is 12.7. The van der Waals surface area contributed by atoms with Gasteiger partial charge in [0.2, 0.25) is 11.8 Å². The third-order valence-corrected chi connectivity index (χ3v) is 5.89. The molecule has 2 saturated heterocycles. The van der Waals surface area contributed by atoms with Crippen LogP contribution < -0.4 is 21.6 Å². The lowest BCUT2D eigenvalue weighted by Gasteiger charge is -2.44. The highest BCUT2D eigenvalue weighted by Crippen LogP contribution is 2.33. The Morgan fingerprint density at radius 1 is 1.20 bits per heavy atom. The van der Waals surface area contributed by atoms with Crippen LogP contribution in [0.3, 0.4) is 0 Å². The zero-order chi connectivity index (χ0) is 17.6. The van der Waals surface area contributed by atoms with Crippen LogP contribution in [0, 0.1) is 5.92 Å². The van der Waals surface area contributed by atoms with Gasteiger partial charge in [0.15, 0.2) is 0 Å². The highest BCUT2D eigenvalue weighted by Gasteiger charge is 2.50. The summed E-state index contributed by atoms with van der Waals surface area (Å²) in [6.07, 6.45) is 3.59. The third kappa shape index (κ3) is 3.11. The van der Waals surface area contributed by atoms with E-state index in [-0.39, 0.29) is 23.8 Å². The van der Waals surface area contributed by atoms with Crippen LogP contribution in [0.2, 0.25) is 10.0 Å². The number of nitrogens with zero attached hydrogens (tertiary/aromatic N) is 1. The van der Waals surface area contributed by atoms with Crippen LogP contribution in [-0.2, 0) is 9.59 Å². The normalized spacial score (nSPS) is 31.8. The van der Waals surface area contributed by atoms with E-state index < -0.39 is 12.2 Å². The Morgan fingerprint density at radius 2 is 2.00 bits per heavy atom. The predicted molar refractivity (Wildman–Crippen MR) is 94.7 cm³/mol. The molecule has 25 heavy (non-hydrogen) atoms. The summed E-state index contributed by atoms with van der Waals surface area (Å²) < 4.78 is 0. The van der Waals surface area contributed by atoms with Crippen LogP contribution in [0.1, 0.15) is 25.7 Å². The number of fused-ring (bicyclic) bond motifs is 3. The molecule has 9 heteroatoms. The van der Waals surface area contributed by atoms with Gasteiger partial charge in [0.05, 0.1) is 16.0 Å². The summed E-state index contributed by atoms with van der Waals surface area (Å²) in [6, 6.07) is 4.41. The maximum atomic E-state index is 12.7. The monoisotopic (exact) mass is 383 g/mol. The fraction of sp³-hybridized carbons (Fsp3) is 0.500. The molecule has 4 rings (SSSR count). The smallest absolute Gasteiger partial charge is 0.246 e. The topological polar surface area (TPSA) is 85.5 Å². The Kier molecular flexibility index (Phi) is 4.59. The molecular weight excluding hydrogens is 365 g/mol. The number of nitrogens with one attached hydrogen (secondary N) is 4. The molecule has 0 radical (unpaired) electrons. The average Bonchev–Trinajstić information content (AvgIpc) is 3.02. The number of anilines is 1. The van der Waals surface area contributed by atoms with E-state index in [9.17, 15) is 9.59 Å². The van der Waals surface area contributed by atoms with E-state index in [2.05, 4.69) is 21.6 Å². The number of hydrogen-bond donors (Lipinski definition) is 4. The molecular formula is C16H19Cl2N5O2. The minimum absolute atomic E-state index is 0.0174. The molecule has 0 bridgehead atoms. The van der Waals surface area contributed by atoms with E-state index in [4.69, 9.17) is 23.2 Å². The van der Waals surface area contributed by atoms with Gasteiger partial charge in [0.25, 0.3) is 0 Å². The molecule has 3 aliphatic rings. The van der Waals surface area contributed by atoms with Crippen LogP contribution in [0.4, 0.5) is 5.69 Å². The highest BCUT2D eigenvalue weighted by atomic mass is 35.5. The van der Waals surface area contributed by atoms with Crippen LogP contribution >= 0.6 is 23.2 Å². The van der Waals surface area contributed by atoms with Gasteiger partial charge < -0.3 is 10.6 Å². The van der Waals surface area contributed by atoms with Gasteiger partial charge in [0, 0.05) is 11.7 Å². The number of carbonyl (C=O) groups is 2. The van der Waals surface area contributed by atoms with E-state index in [0.29, 0.717) is 15.7 Å². The largest absolute Gasteiger partial charge is 0.337 e. The summed E-state index contributed by atoms with van der Waals surface area (Å²) in [6.45, 7) is 0. The molecule has 0 spiro atoms. The quantitative estimate of drug-likeness (QED) is 0.623. The molecule has 2 aliphatic heterocycles. The summed E-state index contributed by atoms with van der Waals surface area (Å²) in [5.74, 6) is -0.243. The molecule has 2 amide bonds. The van der Waals surface area contributed by atoms with E-state index in [1.165, 1.54) is 0 Å². The number of halogens is 2. The molecule has 4 unspecified atom stereocenters. The van der Waals surface area contributed by atoms with E-state index in [1.807, 2.05) is 5.01 Å². The van der Waals surface area contributed by atoms with Gasteiger partial charge in [-0.25, -0.2) is 10.4 Å². The van der Waals surface area contributed by atoms with Crippen LogP contribution in [0.5, 0.6) is 0 Å². The third-order valence-electron chi connectivity index (χ3n) is 5.15. The molecule has 1 saturated carbocycles. The molecule has 134 valence electrons. The number of carbonyl (C=O) groups excluding carboxylic acids is 2. The van der Waals surface area contributed by atoms with E-state index in [1.54, 1.807) is 18.2 Å². The SMILES string of the molecule is O=C1NC2C(C(=O)Nc3ccc(Cl)c(Cl)c3)NNN2C2CCCCC12. The Bertz CT molecular complexity index is 716. The second-order valence-corrected chi connectivity index (χ2v) is 7.49. The van der Waals surface area contributed by atoms with Crippen molar-refractivity contribution < 1.29 is 9.59 Å². The van der Waals surface area contributed by atoms with Crippen molar-refractivity contribution in [2.24, 2.45) is 5.92 Å². The molecule has 1 aromatic carbocycles. The molecule has 4 atom stereocenters. The fourth-order valence-electron chi connectivity index (χ4n) is 3.90. The Balaban J connectivity index is 1.49. The van der Waals surface area contributed by atoms with Crippen molar-refractivity contribution >= 4 is 40.7 Å². The van der Waals surface area contributed by atoms with Gasteiger partial charge in [-0.15, -0.1) is 0 Å². The number of rotatable bonds is 2. The zero-order valence-electron chi connectivity index (χ0n) is 13.4. The predicted octanol–water partition coefficient (Wildman–Crippen LogP) is 1.64. The lowest BCUT2D eigenvalue weighted by molar-refractivity contribution is -0.139. The van der Waals surface area contributed by atoms with Gasteiger partial charge >= 0.3 is 0 Å². The first-order valence-electron chi connectivity index (χ1n) is 8.40. The van der Waals surface area contributed by atoms with Gasteiger partial charge in [0.1, 0.15) is 12.2 Å². The van der Waals surface area contributed by atoms with E-state index in [0.717, 1.165) is 25.7 Å². The number of hydrazine groups is 2. The summed E-state index contributed by atoms with van der Waals surface area (Å²) >= 11 is 11.9. The first-order valence-corrected chi connectivity index (χ1v) is 9.16. The average molecular weight is 384 g/mol. The first kappa shape index (κ1) is 17.1. The van der Waals surface area contributed by atoms with Crippen molar-refractivity contribution in [1.29, 1.82) is 0 Å². The second-order valence-electron chi connectivity index (χ2n) is 6.67. The summed E-state index contributed by atoms with van der Waals surface area (Å²) in [5, 5.41) is 8.55. The van der Waals surface area contributed by atoms with Gasteiger partial charge in [-0.2, -0.15) is 5.53 Å². The highest BCUT2D eigenvalue weighted by molar-refractivity contribution is 6.42.